The van der Waals surface area contributed by atoms with E-state index >= 15 is 0 Å². The lowest BCUT2D eigenvalue weighted by Crippen LogP contribution is -2.23. The predicted octanol–water partition coefficient (Wildman–Crippen LogP) is 18.4. The highest BCUT2D eigenvalue weighted by Gasteiger charge is 2.26. The van der Waals surface area contributed by atoms with Crippen molar-refractivity contribution in [3.8, 4) is 113 Å². The van der Waals surface area contributed by atoms with E-state index in [-0.39, 0.29) is 94.2 Å². The Morgan fingerprint density at radius 2 is 0.530 bits per heavy atom. The van der Waals surface area contributed by atoms with Crippen LogP contribution >= 0.6 is 69.6 Å². The topological polar surface area (TPSA) is 374 Å². The van der Waals surface area contributed by atoms with Gasteiger partial charge in [0.25, 0.3) is 0 Å². The van der Waals surface area contributed by atoms with Gasteiger partial charge in [-0.05, 0) is 205 Å². The summed E-state index contributed by atoms with van der Waals surface area (Å²) in [7, 11) is 7.49. The second kappa shape index (κ2) is 47.2. The van der Waals surface area contributed by atoms with E-state index in [1.807, 2.05) is 86.6 Å². The molecule has 149 heavy (non-hydrogen) atoms. The first-order chi connectivity index (χ1) is 71.8. The van der Waals surface area contributed by atoms with Crippen molar-refractivity contribution in [2.45, 2.75) is 46.9 Å². The number of benzene rings is 10. The summed E-state index contributed by atoms with van der Waals surface area (Å²) in [5, 5.41) is 40.0. The summed E-state index contributed by atoms with van der Waals surface area (Å²) in [5.41, 5.74) is 8.86. The summed E-state index contributed by atoms with van der Waals surface area (Å²) in [5.74, 6) is -4.25. The SMILES string of the molecule is Cc1cccc(-n2nnn(C)c2=O)c1COc1cc(Cl)c(-c2ccccn2)cc1Cl.Cc1cccc(-n2nnn(C)c2=O)c1COc1cc(F)c(-c2cccc(Cl)n2)cc1F.Cn1nnn(-c2cccc(Cl)c2COc2cc(F)c(-c3ccccn3)cc2F)c1=O.Cn1nnn(-c2ccccc2COc2cc(Cl)c(-c3ccccn3)cc2Cl)c1=O.Cn1nnn(-c2ccccc2COc2cc(F)c(-c3ccccn3)cc2F)c1=O. The average Bonchev–Trinajstić information content (AvgIpc) is 1.75. The van der Waals surface area contributed by atoms with Crippen LogP contribution < -0.4 is 52.1 Å². The zero-order valence-electron chi connectivity index (χ0n) is 78.9. The molecule has 10 heterocycles. The van der Waals surface area contributed by atoms with E-state index in [1.165, 1.54) is 60.7 Å². The van der Waals surface area contributed by atoms with Crippen LogP contribution in [0.15, 0.2) is 304 Å². The van der Waals surface area contributed by atoms with Gasteiger partial charge in [-0.15, -0.1) is 0 Å². The molecule has 35 nitrogen and oxygen atoms in total. The van der Waals surface area contributed by atoms with Crippen LogP contribution in [0.4, 0.5) is 26.3 Å². The summed E-state index contributed by atoms with van der Waals surface area (Å²) in [6.07, 6.45) is 6.38. The minimum Gasteiger partial charge on any atom is -0.487 e. The number of aryl methyl sites for hydroxylation is 7. The highest BCUT2D eigenvalue weighted by Crippen LogP contribution is 2.41. The molecule has 0 aliphatic heterocycles. The quantitative estimate of drug-likeness (QED) is 0.0379. The van der Waals surface area contributed by atoms with E-state index in [0.717, 1.165) is 114 Å². The van der Waals surface area contributed by atoms with Crippen molar-refractivity contribution in [1.82, 2.24) is 124 Å². The highest BCUT2D eigenvalue weighted by atomic mass is 35.5. The van der Waals surface area contributed by atoms with Gasteiger partial charge in [0.05, 0.1) is 77.0 Å². The third-order valence-electron chi connectivity index (χ3n) is 22.3. The first kappa shape index (κ1) is 104. The fourth-order valence-electron chi connectivity index (χ4n) is 14.6. The smallest absolute Gasteiger partial charge is 0.368 e. The molecule has 754 valence electrons. The highest BCUT2D eigenvalue weighted by molar-refractivity contribution is 6.37. The van der Waals surface area contributed by atoms with E-state index in [0.29, 0.717) is 88.1 Å². The standard InChI is InChI=1S/C21H17Cl2N5O2.C21H16ClF2N5O2.C20H15Cl2N5O2.C20H14ClF2N5O2.C20H15F2N5O2/c1-13-6-5-8-19(28-21(29)27(2)25-26-28)15(13)12-30-20-11-16(22)14(10-17(20)23)18-7-3-4-9-24-18;1-12-5-3-7-18(29-21(30)28(2)26-27-29)14(12)11-31-19-10-15(23)13(9-16(19)24)17-6-4-8-20(22)25-17;1-26-20(28)27(25-24-26)18-8-3-2-6-13(18)12-29-19-11-15(21)14(10-16(19)22)17-7-4-5-9-23-17;1-27-20(29)28(26-25-27)18-7-4-5-14(21)13(18)11-30-19-10-15(22)12(9-16(19)23)17-6-2-3-8-24-17;1-26-20(28)27(25-24-26)18-8-3-2-6-13(18)12-29-19-11-15(21)14(10-16(19)22)17-7-4-5-9-23-17/h3-11H,12H2,1-2H3;3-10H,11H2,1-2H3;2-11H,12H2,1H3;2-10H,11H2,1H3;2-11H,12H2,1H3. The average molecular weight is 2140 g/mol. The lowest BCUT2D eigenvalue weighted by Gasteiger charge is -2.15. The second-order valence-electron chi connectivity index (χ2n) is 32.1. The van der Waals surface area contributed by atoms with Crippen molar-refractivity contribution in [3.63, 3.8) is 0 Å². The van der Waals surface area contributed by atoms with Crippen LogP contribution in [0, 0.1) is 48.8 Å². The molecule has 20 rings (SSSR count). The summed E-state index contributed by atoms with van der Waals surface area (Å²) in [6, 6.07) is 68.2. The Morgan fingerprint density at radius 1 is 0.248 bits per heavy atom. The fourth-order valence-corrected chi connectivity index (χ4v) is 15.9. The molecular weight excluding hydrogens is 2060 g/mol. The van der Waals surface area contributed by atoms with Crippen molar-refractivity contribution in [2.75, 3.05) is 0 Å². The van der Waals surface area contributed by atoms with Gasteiger partial charge in [-0.1, -0.05) is 167 Å². The summed E-state index contributed by atoms with van der Waals surface area (Å²) >= 11 is 37.8. The molecular formula is C102H77Cl6F6N25O10. The Kier molecular flexibility index (Phi) is 33.1. The molecule has 10 aromatic carbocycles. The lowest BCUT2D eigenvalue weighted by atomic mass is 10.1. The van der Waals surface area contributed by atoms with Gasteiger partial charge in [-0.2, -0.15) is 46.8 Å². The largest absolute Gasteiger partial charge is 0.487 e. The third-order valence-corrected chi connectivity index (χ3v) is 24.1. The van der Waals surface area contributed by atoms with Gasteiger partial charge < -0.3 is 23.7 Å². The number of rotatable bonds is 25. The Labute approximate surface area is 869 Å². The van der Waals surface area contributed by atoms with E-state index < -0.39 is 52.0 Å². The van der Waals surface area contributed by atoms with Crippen LogP contribution in [-0.4, -0.2) is 124 Å². The molecule has 0 saturated carbocycles. The molecule has 0 aliphatic rings. The number of hydrogen-bond donors (Lipinski definition) is 0. The van der Waals surface area contributed by atoms with Crippen molar-refractivity contribution >= 4 is 69.6 Å². The number of halogens is 12. The molecule has 0 saturated heterocycles. The molecule has 0 fully saturated rings. The maximum atomic E-state index is 14.7. The Morgan fingerprint density at radius 3 is 0.872 bits per heavy atom. The fraction of sp³-hybridized carbons (Fsp3) is 0.118. The number of ether oxygens (including phenoxy) is 5. The van der Waals surface area contributed by atoms with Crippen molar-refractivity contribution in [2.24, 2.45) is 35.2 Å². The van der Waals surface area contributed by atoms with Crippen LogP contribution in [0.3, 0.4) is 0 Å². The van der Waals surface area contributed by atoms with Crippen molar-refractivity contribution in [3.05, 3.63) is 436 Å². The number of tetrazole rings is 5. The van der Waals surface area contributed by atoms with E-state index in [2.05, 4.69) is 77.1 Å². The van der Waals surface area contributed by atoms with Crippen LogP contribution in [0.5, 0.6) is 28.7 Å². The van der Waals surface area contributed by atoms with Gasteiger partial charge in [0, 0.05) is 151 Å². The maximum absolute atomic E-state index is 14.7. The summed E-state index contributed by atoms with van der Waals surface area (Å²) in [4.78, 5) is 81.7. The van der Waals surface area contributed by atoms with Crippen molar-refractivity contribution in [1.29, 1.82) is 0 Å². The summed E-state index contributed by atoms with van der Waals surface area (Å²) < 4.78 is 127. The third kappa shape index (κ3) is 24.2. The Balaban J connectivity index is 0.000000133. The van der Waals surface area contributed by atoms with Gasteiger partial charge in [0.2, 0.25) is 0 Å². The summed E-state index contributed by atoms with van der Waals surface area (Å²) in [6.45, 7) is 3.64. The molecule has 0 aliphatic carbocycles. The normalized spacial score (nSPS) is 10.9. The zero-order chi connectivity index (χ0) is 105. The van der Waals surface area contributed by atoms with Gasteiger partial charge in [-0.3, -0.25) is 19.9 Å². The minimum absolute atomic E-state index is 0.0185. The van der Waals surface area contributed by atoms with Crippen LogP contribution in [0.1, 0.15) is 38.9 Å². The Bertz CT molecular complexity index is 8230. The van der Waals surface area contributed by atoms with Crippen LogP contribution in [-0.2, 0) is 68.3 Å². The molecule has 10 aromatic heterocycles. The van der Waals surface area contributed by atoms with Gasteiger partial charge in [0.1, 0.15) is 67.1 Å². The molecule has 0 N–H and O–H groups in total. The second-order valence-corrected chi connectivity index (χ2v) is 34.5. The molecule has 0 radical (unpaired) electrons. The lowest BCUT2D eigenvalue weighted by molar-refractivity contribution is 0.287. The van der Waals surface area contributed by atoms with E-state index in [9.17, 15) is 50.3 Å². The van der Waals surface area contributed by atoms with E-state index in [1.54, 1.807) is 159 Å². The van der Waals surface area contributed by atoms with Crippen LogP contribution in [0.25, 0.3) is 84.7 Å². The van der Waals surface area contributed by atoms with Crippen LogP contribution in [0.2, 0.25) is 30.3 Å². The Hall–Kier alpha value is -17.4. The minimum atomic E-state index is -0.762. The monoisotopic (exact) mass is 2140 g/mol. The van der Waals surface area contributed by atoms with E-state index in [4.69, 9.17) is 93.3 Å². The van der Waals surface area contributed by atoms with Gasteiger partial charge >= 0.3 is 28.4 Å². The number of para-hydroxylation sites is 2. The number of pyridine rings is 5. The molecule has 0 atom stereocenters. The molecule has 0 unspecified atom stereocenters. The molecule has 20 aromatic rings. The zero-order valence-corrected chi connectivity index (χ0v) is 83.4. The molecule has 0 bridgehead atoms. The predicted molar refractivity (Wildman–Crippen MR) is 542 cm³/mol. The van der Waals surface area contributed by atoms with Gasteiger partial charge in [0.15, 0.2) is 34.7 Å². The van der Waals surface area contributed by atoms with Gasteiger partial charge in [-0.25, -0.2) is 55.3 Å². The first-order valence-corrected chi connectivity index (χ1v) is 46.6. The molecule has 47 heteroatoms. The maximum Gasteiger partial charge on any atom is 0.368 e. The van der Waals surface area contributed by atoms with Crippen molar-refractivity contribution < 1.29 is 50.0 Å². The number of nitrogens with zero attached hydrogens (tertiary/aromatic N) is 25. The number of aromatic nitrogens is 25. The number of hydrogen-bond acceptors (Lipinski definition) is 25. The first-order valence-electron chi connectivity index (χ1n) is 44.3. The molecule has 0 spiro atoms. The molecule has 0 amide bonds.